The van der Waals surface area contributed by atoms with E-state index < -0.39 is 6.10 Å². The van der Waals surface area contributed by atoms with Crippen LogP contribution < -0.4 is 4.74 Å². The molecule has 2 aromatic rings. The van der Waals surface area contributed by atoms with Gasteiger partial charge in [-0.1, -0.05) is 30.3 Å². The quantitative estimate of drug-likeness (QED) is 0.627. The molecule has 0 radical (unpaired) electrons. The van der Waals surface area contributed by atoms with Crippen LogP contribution in [0.1, 0.15) is 17.2 Å². The number of para-hydroxylation sites is 1. The van der Waals surface area contributed by atoms with Crippen molar-refractivity contribution in [1.29, 1.82) is 0 Å². The Balaban J connectivity index is 2.19. The van der Waals surface area contributed by atoms with Crippen LogP contribution in [0.2, 0.25) is 0 Å². The Morgan fingerprint density at radius 1 is 1.05 bits per heavy atom. The summed E-state index contributed by atoms with van der Waals surface area (Å²) >= 11 is 1.68. The van der Waals surface area contributed by atoms with Crippen LogP contribution in [0.4, 0.5) is 0 Å². The second-order valence-electron chi connectivity index (χ2n) is 4.55. The van der Waals surface area contributed by atoms with E-state index in [2.05, 4.69) is 0 Å². The molecule has 0 heterocycles. The lowest BCUT2D eigenvalue weighted by Crippen LogP contribution is -2.08. The van der Waals surface area contributed by atoms with Gasteiger partial charge in [0.25, 0.3) is 0 Å². The molecule has 0 spiro atoms. The van der Waals surface area contributed by atoms with Crippen molar-refractivity contribution in [3.8, 4) is 5.75 Å². The molecule has 1 N–H and O–H groups in total. The Morgan fingerprint density at radius 3 is 2.43 bits per heavy atom. The third-order valence-electron chi connectivity index (χ3n) is 3.19. The van der Waals surface area contributed by atoms with E-state index in [-0.39, 0.29) is 0 Å². The number of ether oxygens (including phenoxy) is 2. The minimum absolute atomic E-state index is 0.464. The highest BCUT2D eigenvalue weighted by atomic mass is 32.2. The lowest BCUT2D eigenvalue weighted by molar-refractivity contribution is 0.142. The van der Waals surface area contributed by atoms with Crippen molar-refractivity contribution in [3.05, 3.63) is 59.7 Å². The summed E-state index contributed by atoms with van der Waals surface area (Å²) in [6, 6.07) is 15.5. The summed E-state index contributed by atoms with van der Waals surface area (Å²) in [6.07, 6.45) is 1.34. The summed E-state index contributed by atoms with van der Waals surface area (Å²) in [6.45, 7) is 0.985. The molecule has 0 saturated heterocycles. The Labute approximate surface area is 129 Å². The Morgan fingerprint density at radius 2 is 1.76 bits per heavy atom. The molecule has 0 saturated carbocycles. The van der Waals surface area contributed by atoms with Gasteiger partial charge in [0.05, 0.1) is 6.61 Å². The zero-order valence-electron chi connectivity index (χ0n) is 12.3. The molecule has 0 aliphatic carbocycles. The summed E-state index contributed by atoms with van der Waals surface area (Å²) in [4.78, 5) is 1.18. The fourth-order valence-electron chi connectivity index (χ4n) is 2.04. The summed E-state index contributed by atoms with van der Waals surface area (Å²) < 4.78 is 10.7. The van der Waals surface area contributed by atoms with Crippen LogP contribution in [0.25, 0.3) is 0 Å². The molecule has 1 unspecified atom stereocenters. The largest absolute Gasteiger partial charge is 0.491 e. The lowest BCUT2D eigenvalue weighted by Gasteiger charge is -2.16. The van der Waals surface area contributed by atoms with Gasteiger partial charge in [-0.05, 0) is 30.0 Å². The number of thioether (sulfide) groups is 1. The molecule has 0 bridgehead atoms. The van der Waals surface area contributed by atoms with Gasteiger partial charge in [0.15, 0.2) is 0 Å². The molecule has 21 heavy (non-hydrogen) atoms. The molecule has 0 aliphatic heterocycles. The number of aliphatic hydroxyl groups excluding tert-OH is 1. The van der Waals surface area contributed by atoms with Crippen molar-refractivity contribution >= 4 is 11.8 Å². The molecule has 0 amide bonds. The van der Waals surface area contributed by atoms with Crippen LogP contribution in [0.3, 0.4) is 0 Å². The number of benzene rings is 2. The van der Waals surface area contributed by atoms with Crippen molar-refractivity contribution in [2.75, 3.05) is 26.6 Å². The van der Waals surface area contributed by atoms with Crippen LogP contribution in [0, 0.1) is 0 Å². The highest BCUT2D eigenvalue weighted by molar-refractivity contribution is 7.98. The minimum atomic E-state index is -0.695. The Kier molecular flexibility index (Phi) is 6.11. The van der Waals surface area contributed by atoms with E-state index in [1.54, 1.807) is 18.9 Å². The maximum atomic E-state index is 10.6. The van der Waals surface area contributed by atoms with Crippen molar-refractivity contribution < 1.29 is 14.6 Å². The van der Waals surface area contributed by atoms with Crippen molar-refractivity contribution in [1.82, 2.24) is 0 Å². The average Bonchev–Trinajstić information content (AvgIpc) is 2.55. The lowest BCUT2D eigenvalue weighted by atomic mass is 10.0. The predicted octanol–water partition coefficient (Wildman–Crippen LogP) is 3.52. The molecule has 2 rings (SSSR count). The average molecular weight is 304 g/mol. The van der Waals surface area contributed by atoms with Gasteiger partial charge in [-0.15, -0.1) is 11.8 Å². The first-order valence-electron chi connectivity index (χ1n) is 6.79. The fourth-order valence-corrected chi connectivity index (χ4v) is 2.45. The van der Waals surface area contributed by atoms with E-state index in [0.29, 0.717) is 19.0 Å². The molecule has 0 fully saturated rings. The normalized spacial score (nSPS) is 12.1. The van der Waals surface area contributed by atoms with E-state index >= 15 is 0 Å². The fraction of sp³-hybridized carbons (Fsp3) is 0.294. The van der Waals surface area contributed by atoms with Gasteiger partial charge in [-0.2, -0.15) is 0 Å². The molecular formula is C17H20O3S. The standard InChI is InChI=1S/C17H20O3S/c1-19-11-12-20-16-6-4-3-5-15(16)17(18)13-7-9-14(21-2)10-8-13/h3-10,17-18H,11-12H2,1-2H3. The van der Waals surface area contributed by atoms with Gasteiger partial charge < -0.3 is 14.6 Å². The van der Waals surface area contributed by atoms with Gasteiger partial charge in [-0.3, -0.25) is 0 Å². The number of hydrogen-bond donors (Lipinski definition) is 1. The van der Waals surface area contributed by atoms with Crippen LogP contribution in [0.15, 0.2) is 53.4 Å². The number of hydrogen-bond acceptors (Lipinski definition) is 4. The predicted molar refractivity (Wildman–Crippen MR) is 86.1 cm³/mol. The second kappa shape index (κ2) is 8.08. The van der Waals surface area contributed by atoms with Crippen molar-refractivity contribution in [2.45, 2.75) is 11.0 Å². The third kappa shape index (κ3) is 4.24. The van der Waals surface area contributed by atoms with Crippen molar-refractivity contribution in [2.24, 2.45) is 0 Å². The Hall–Kier alpha value is -1.49. The maximum absolute atomic E-state index is 10.6. The van der Waals surface area contributed by atoms with Crippen LogP contribution in [0.5, 0.6) is 5.75 Å². The number of aliphatic hydroxyl groups is 1. The highest BCUT2D eigenvalue weighted by Crippen LogP contribution is 2.30. The minimum Gasteiger partial charge on any atom is -0.491 e. The van der Waals surface area contributed by atoms with Gasteiger partial charge in [0.2, 0.25) is 0 Å². The molecule has 0 aliphatic rings. The van der Waals surface area contributed by atoms with E-state index in [1.165, 1.54) is 4.90 Å². The SMILES string of the molecule is COCCOc1ccccc1C(O)c1ccc(SC)cc1. The third-order valence-corrected chi connectivity index (χ3v) is 3.93. The topological polar surface area (TPSA) is 38.7 Å². The van der Waals surface area contributed by atoms with E-state index in [1.807, 2.05) is 54.8 Å². The first kappa shape index (κ1) is 15.9. The summed E-state index contributed by atoms with van der Waals surface area (Å²) in [5.74, 6) is 0.691. The van der Waals surface area contributed by atoms with E-state index in [0.717, 1.165) is 11.1 Å². The van der Waals surface area contributed by atoms with E-state index in [4.69, 9.17) is 9.47 Å². The molecule has 112 valence electrons. The van der Waals surface area contributed by atoms with E-state index in [9.17, 15) is 5.11 Å². The molecular weight excluding hydrogens is 284 g/mol. The molecule has 2 aromatic carbocycles. The molecule has 0 aromatic heterocycles. The monoisotopic (exact) mass is 304 g/mol. The summed E-state index contributed by atoms with van der Waals surface area (Å²) in [5, 5.41) is 10.6. The van der Waals surface area contributed by atoms with Crippen LogP contribution >= 0.6 is 11.8 Å². The van der Waals surface area contributed by atoms with Crippen molar-refractivity contribution in [3.63, 3.8) is 0 Å². The number of rotatable bonds is 7. The van der Waals surface area contributed by atoms with Crippen LogP contribution in [-0.4, -0.2) is 31.7 Å². The second-order valence-corrected chi connectivity index (χ2v) is 5.43. The van der Waals surface area contributed by atoms with Gasteiger partial charge >= 0.3 is 0 Å². The first-order valence-corrected chi connectivity index (χ1v) is 8.01. The first-order chi connectivity index (χ1) is 10.3. The maximum Gasteiger partial charge on any atom is 0.125 e. The smallest absolute Gasteiger partial charge is 0.125 e. The highest BCUT2D eigenvalue weighted by Gasteiger charge is 2.15. The molecule has 4 heteroatoms. The zero-order valence-corrected chi connectivity index (χ0v) is 13.1. The van der Waals surface area contributed by atoms with Gasteiger partial charge in [0, 0.05) is 17.6 Å². The zero-order chi connectivity index (χ0) is 15.1. The Bertz CT molecular complexity index is 554. The van der Waals surface area contributed by atoms with Gasteiger partial charge in [0.1, 0.15) is 18.5 Å². The molecule has 3 nitrogen and oxygen atoms in total. The van der Waals surface area contributed by atoms with Crippen LogP contribution in [-0.2, 0) is 4.74 Å². The summed E-state index contributed by atoms with van der Waals surface area (Å²) in [5.41, 5.74) is 1.63. The summed E-state index contributed by atoms with van der Waals surface area (Å²) in [7, 11) is 1.64. The molecule has 1 atom stereocenters. The number of methoxy groups -OCH3 is 1. The van der Waals surface area contributed by atoms with Gasteiger partial charge in [-0.25, -0.2) is 0 Å².